The van der Waals surface area contributed by atoms with Crippen molar-refractivity contribution in [1.29, 1.82) is 0 Å². The molecular formula is C18H17FN2O. The molecule has 0 saturated heterocycles. The van der Waals surface area contributed by atoms with Crippen molar-refractivity contribution in [2.24, 2.45) is 7.05 Å². The predicted molar refractivity (Wildman–Crippen MR) is 84.9 cm³/mol. The SMILES string of the molecule is Cn1cc(CC(=O)NCc2ccccc2F)c2ccccc21. The zero-order valence-electron chi connectivity index (χ0n) is 12.3. The van der Waals surface area contributed by atoms with Gasteiger partial charge in [0, 0.05) is 36.3 Å². The van der Waals surface area contributed by atoms with Crippen LogP contribution in [0.4, 0.5) is 4.39 Å². The number of benzene rings is 2. The van der Waals surface area contributed by atoms with E-state index in [2.05, 4.69) is 5.32 Å². The van der Waals surface area contributed by atoms with E-state index in [9.17, 15) is 9.18 Å². The third kappa shape index (κ3) is 2.86. The Bertz CT molecular complexity index is 823. The van der Waals surface area contributed by atoms with E-state index in [1.165, 1.54) is 6.07 Å². The molecule has 0 unspecified atom stereocenters. The molecule has 0 aliphatic rings. The molecule has 1 aromatic heterocycles. The molecular weight excluding hydrogens is 279 g/mol. The summed E-state index contributed by atoms with van der Waals surface area (Å²) < 4.78 is 15.5. The monoisotopic (exact) mass is 296 g/mol. The van der Waals surface area contributed by atoms with Crippen LogP contribution in [0.3, 0.4) is 0 Å². The molecule has 1 heterocycles. The van der Waals surface area contributed by atoms with Gasteiger partial charge in [0.2, 0.25) is 5.91 Å². The number of carbonyl (C=O) groups excluding carboxylic acids is 1. The fraction of sp³-hybridized carbons (Fsp3) is 0.167. The first-order valence-electron chi connectivity index (χ1n) is 7.18. The van der Waals surface area contributed by atoms with E-state index < -0.39 is 0 Å². The van der Waals surface area contributed by atoms with Crippen molar-refractivity contribution in [3.63, 3.8) is 0 Å². The van der Waals surface area contributed by atoms with Crippen LogP contribution in [0.5, 0.6) is 0 Å². The Morgan fingerprint density at radius 3 is 2.64 bits per heavy atom. The molecule has 0 bridgehead atoms. The number of nitrogens with one attached hydrogen (secondary N) is 1. The van der Waals surface area contributed by atoms with E-state index in [0.29, 0.717) is 5.56 Å². The van der Waals surface area contributed by atoms with Gasteiger partial charge in [-0.1, -0.05) is 36.4 Å². The summed E-state index contributed by atoms with van der Waals surface area (Å²) in [7, 11) is 1.96. The largest absolute Gasteiger partial charge is 0.352 e. The normalized spacial score (nSPS) is 10.8. The van der Waals surface area contributed by atoms with E-state index in [1.807, 2.05) is 42.1 Å². The molecule has 0 radical (unpaired) electrons. The van der Waals surface area contributed by atoms with Crippen LogP contribution in [0, 0.1) is 5.82 Å². The van der Waals surface area contributed by atoms with E-state index in [0.717, 1.165) is 16.5 Å². The first-order chi connectivity index (χ1) is 10.6. The van der Waals surface area contributed by atoms with Crippen molar-refractivity contribution in [2.45, 2.75) is 13.0 Å². The van der Waals surface area contributed by atoms with Crippen molar-refractivity contribution >= 4 is 16.8 Å². The quantitative estimate of drug-likeness (QED) is 0.788. The standard InChI is InChI=1S/C18H17FN2O/c1-21-12-14(15-7-3-5-9-17(15)21)10-18(22)20-11-13-6-2-4-8-16(13)19/h2-9,12H,10-11H2,1H3,(H,20,22). The maximum Gasteiger partial charge on any atom is 0.224 e. The van der Waals surface area contributed by atoms with Crippen LogP contribution in [0.2, 0.25) is 0 Å². The molecule has 1 amide bonds. The Kier molecular flexibility index (Phi) is 3.92. The van der Waals surface area contributed by atoms with Gasteiger partial charge in [0.15, 0.2) is 0 Å². The minimum atomic E-state index is -0.298. The molecule has 0 atom stereocenters. The zero-order chi connectivity index (χ0) is 15.5. The minimum absolute atomic E-state index is 0.111. The minimum Gasteiger partial charge on any atom is -0.352 e. The van der Waals surface area contributed by atoms with Crippen LogP contribution in [0.25, 0.3) is 10.9 Å². The number of aryl methyl sites for hydroxylation is 1. The topological polar surface area (TPSA) is 34.0 Å². The van der Waals surface area contributed by atoms with Crippen molar-refractivity contribution in [3.8, 4) is 0 Å². The average molecular weight is 296 g/mol. The maximum absolute atomic E-state index is 13.5. The first-order valence-corrected chi connectivity index (χ1v) is 7.18. The highest BCUT2D eigenvalue weighted by Gasteiger charge is 2.10. The van der Waals surface area contributed by atoms with E-state index in [4.69, 9.17) is 0 Å². The number of fused-ring (bicyclic) bond motifs is 1. The summed E-state index contributed by atoms with van der Waals surface area (Å²) in [5.41, 5.74) is 2.57. The molecule has 0 aliphatic carbocycles. The number of halogens is 1. The summed E-state index contributed by atoms with van der Waals surface area (Å²) in [4.78, 5) is 12.1. The number of carbonyl (C=O) groups is 1. The second-order valence-corrected chi connectivity index (χ2v) is 5.33. The Hall–Kier alpha value is -2.62. The highest BCUT2D eigenvalue weighted by molar-refractivity contribution is 5.89. The Balaban J connectivity index is 1.70. The van der Waals surface area contributed by atoms with Gasteiger partial charge < -0.3 is 9.88 Å². The molecule has 0 fully saturated rings. The average Bonchev–Trinajstić information content (AvgIpc) is 2.83. The molecule has 0 spiro atoms. The Morgan fingerprint density at radius 2 is 1.82 bits per heavy atom. The van der Waals surface area contributed by atoms with Gasteiger partial charge >= 0.3 is 0 Å². The highest BCUT2D eigenvalue weighted by Crippen LogP contribution is 2.20. The van der Waals surface area contributed by atoms with Crippen LogP contribution < -0.4 is 5.32 Å². The molecule has 3 aromatic rings. The summed E-state index contributed by atoms with van der Waals surface area (Å²) in [6.07, 6.45) is 2.25. The van der Waals surface area contributed by atoms with Crippen molar-refractivity contribution in [1.82, 2.24) is 9.88 Å². The van der Waals surface area contributed by atoms with Crippen LogP contribution in [-0.2, 0) is 24.8 Å². The van der Waals surface area contributed by atoms with Crippen LogP contribution in [0.1, 0.15) is 11.1 Å². The summed E-state index contributed by atoms with van der Waals surface area (Å²) in [5, 5.41) is 3.85. The lowest BCUT2D eigenvalue weighted by atomic mass is 10.1. The first kappa shape index (κ1) is 14.3. The predicted octanol–water partition coefficient (Wildman–Crippen LogP) is 3.18. The number of nitrogens with zero attached hydrogens (tertiary/aromatic N) is 1. The van der Waals surface area contributed by atoms with Crippen molar-refractivity contribution in [2.75, 3.05) is 0 Å². The lowest BCUT2D eigenvalue weighted by molar-refractivity contribution is -0.120. The van der Waals surface area contributed by atoms with Gasteiger partial charge in [-0.15, -0.1) is 0 Å². The van der Waals surface area contributed by atoms with Gasteiger partial charge in [-0.05, 0) is 17.7 Å². The second-order valence-electron chi connectivity index (χ2n) is 5.33. The molecule has 112 valence electrons. The number of hydrogen-bond donors (Lipinski definition) is 1. The molecule has 0 saturated carbocycles. The van der Waals surface area contributed by atoms with Gasteiger partial charge in [-0.2, -0.15) is 0 Å². The smallest absolute Gasteiger partial charge is 0.224 e. The third-order valence-corrected chi connectivity index (χ3v) is 3.76. The van der Waals surface area contributed by atoms with Gasteiger partial charge in [-0.3, -0.25) is 4.79 Å². The molecule has 0 aliphatic heterocycles. The van der Waals surface area contributed by atoms with Crippen LogP contribution in [-0.4, -0.2) is 10.5 Å². The number of para-hydroxylation sites is 1. The third-order valence-electron chi connectivity index (χ3n) is 3.76. The number of amides is 1. The van der Waals surface area contributed by atoms with E-state index in [1.54, 1.807) is 18.2 Å². The zero-order valence-corrected chi connectivity index (χ0v) is 12.3. The molecule has 1 N–H and O–H groups in total. The fourth-order valence-corrected chi connectivity index (χ4v) is 2.64. The molecule has 2 aromatic carbocycles. The Morgan fingerprint density at radius 1 is 1.09 bits per heavy atom. The number of hydrogen-bond acceptors (Lipinski definition) is 1. The highest BCUT2D eigenvalue weighted by atomic mass is 19.1. The van der Waals surface area contributed by atoms with Gasteiger partial charge in [0.25, 0.3) is 0 Å². The van der Waals surface area contributed by atoms with Crippen LogP contribution in [0.15, 0.2) is 54.7 Å². The van der Waals surface area contributed by atoms with E-state index in [-0.39, 0.29) is 24.7 Å². The fourth-order valence-electron chi connectivity index (χ4n) is 2.64. The van der Waals surface area contributed by atoms with Gasteiger partial charge in [0.05, 0.1) is 6.42 Å². The molecule has 3 nitrogen and oxygen atoms in total. The van der Waals surface area contributed by atoms with Crippen molar-refractivity contribution < 1.29 is 9.18 Å². The number of aromatic nitrogens is 1. The summed E-state index contributed by atoms with van der Waals surface area (Å²) in [6, 6.07) is 14.4. The van der Waals surface area contributed by atoms with E-state index >= 15 is 0 Å². The molecule has 3 rings (SSSR count). The summed E-state index contributed by atoms with van der Waals surface area (Å²) in [5.74, 6) is -0.410. The lowest BCUT2D eigenvalue weighted by Gasteiger charge is -2.06. The van der Waals surface area contributed by atoms with Gasteiger partial charge in [-0.25, -0.2) is 4.39 Å². The summed E-state index contributed by atoms with van der Waals surface area (Å²) >= 11 is 0. The second kappa shape index (κ2) is 6.02. The summed E-state index contributed by atoms with van der Waals surface area (Å²) in [6.45, 7) is 0.205. The molecule has 4 heteroatoms. The maximum atomic E-state index is 13.5. The Labute approximate surface area is 128 Å². The lowest BCUT2D eigenvalue weighted by Crippen LogP contribution is -2.24. The molecule has 22 heavy (non-hydrogen) atoms. The van der Waals surface area contributed by atoms with Crippen molar-refractivity contribution in [3.05, 3.63) is 71.7 Å². The number of rotatable bonds is 4. The van der Waals surface area contributed by atoms with Crippen LogP contribution >= 0.6 is 0 Å². The van der Waals surface area contributed by atoms with Gasteiger partial charge in [0.1, 0.15) is 5.82 Å².